The molecular weight excluding hydrogens is 643 g/mol. The summed E-state index contributed by atoms with van der Waals surface area (Å²) < 4.78 is 6.80. The van der Waals surface area contributed by atoms with Crippen molar-refractivity contribution in [2.45, 2.75) is 19.3 Å². The van der Waals surface area contributed by atoms with E-state index in [4.69, 9.17) is 4.74 Å². The van der Waals surface area contributed by atoms with Gasteiger partial charge in [0.15, 0.2) is 0 Å². The van der Waals surface area contributed by atoms with Crippen molar-refractivity contribution in [1.29, 1.82) is 0 Å². The van der Waals surface area contributed by atoms with E-state index < -0.39 is 5.41 Å². The number of benzene rings is 6. The summed E-state index contributed by atoms with van der Waals surface area (Å²) in [5.74, 6) is 1.58. The van der Waals surface area contributed by atoms with Crippen LogP contribution >= 0.6 is 0 Å². The fraction of sp³-hybridized carbons (Fsp3) is 0.0588. The first-order valence-corrected chi connectivity index (χ1v) is 17.9. The fourth-order valence-corrected chi connectivity index (χ4v) is 7.95. The van der Waals surface area contributed by atoms with Crippen molar-refractivity contribution >= 4 is 16.9 Å². The minimum absolute atomic E-state index is 0.617. The molecule has 7 rings (SSSR count). The van der Waals surface area contributed by atoms with Gasteiger partial charge in [-0.15, -0.1) is 0 Å². The summed E-state index contributed by atoms with van der Waals surface area (Å²) in [5, 5.41) is 0. The Morgan fingerprint density at radius 1 is 0.660 bits per heavy atom. The molecule has 0 aromatic heterocycles. The van der Waals surface area contributed by atoms with E-state index in [1.165, 1.54) is 5.57 Å². The molecule has 1 unspecified atom stereocenters. The quantitative estimate of drug-likeness (QED) is 0.119. The molecule has 0 radical (unpaired) electrons. The summed E-state index contributed by atoms with van der Waals surface area (Å²) in [7, 11) is 0. The Hall–Kier alpha value is -6.64. The molecule has 0 fully saturated rings. The van der Waals surface area contributed by atoms with Crippen molar-refractivity contribution in [1.82, 2.24) is 0 Å². The lowest BCUT2D eigenvalue weighted by molar-refractivity contribution is 0.469. The van der Waals surface area contributed by atoms with Gasteiger partial charge in [-0.2, -0.15) is 0 Å². The second-order valence-electron chi connectivity index (χ2n) is 13.2. The maximum Gasteiger partial charge on any atom is 0.132 e. The van der Waals surface area contributed by atoms with Gasteiger partial charge in [0.05, 0.1) is 11.1 Å². The standard InChI is InChI=1S/C51H43NO/c1-7-21-36(4)51(41-24-15-11-16-25-41)38(6)44(9-3)49-46(34-35-48(50(49)51)53-43-26-17-12-18-27-43)40-30-32-42(33-31-40)52(37(5)8-2)47-29-20-19-28-45(47)39-22-13-10-14-23-39/h7-35H,1-3,5H2,4,6H3. The van der Waals surface area contributed by atoms with Gasteiger partial charge in [-0.25, -0.2) is 0 Å². The molecule has 6 aromatic carbocycles. The molecule has 53 heavy (non-hydrogen) atoms. The largest absolute Gasteiger partial charge is 0.457 e. The molecule has 0 heterocycles. The van der Waals surface area contributed by atoms with Crippen LogP contribution < -0.4 is 9.64 Å². The molecule has 0 saturated heterocycles. The van der Waals surface area contributed by atoms with Crippen LogP contribution in [-0.2, 0) is 5.41 Å². The fourth-order valence-electron chi connectivity index (χ4n) is 7.95. The minimum atomic E-state index is -0.617. The third kappa shape index (κ3) is 6.09. The van der Waals surface area contributed by atoms with E-state index in [9.17, 15) is 0 Å². The highest BCUT2D eigenvalue weighted by atomic mass is 16.5. The van der Waals surface area contributed by atoms with Gasteiger partial charge in [-0.05, 0) is 95.3 Å². The van der Waals surface area contributed by atoms with Crippen LogP contribution in [0.3, 0.4) is 0 Å². The molecule has 6 aromatic rings. The topological polar surface area (TPSA) is 12.5 Å². The van der Waals surface area contributed by atoms with Crippen LogP contribution in [0.5, 0.6) is 11.5 Å². The second-order valence-corrected chi connectivity index (χ2v) is 13.2. The highest BCUT2D eigenvalue weighted by Crippen LogP contribution is 2.60. The third-order valence-electron chi connectivity index (χ3n) is 10.3. The SMILES string of the molecule is C=CC=C(C)C1(c2ccccc2)C(C)=C(C=C)c2c(-c3ccc(N(C(=C)C=C)c4ccccc4-c4ccccc4)cc3)ccc(Oc3ccccc3)c21. The van der Waals surface area contributed by atoms with E-state index >= 15 is 0 Å². The van der Waals surface area contributed by atoms with Crippen LogP contribution in [0.2, 0.25) is 0 Å². The van der Waals surface area contributed by atoms with Crippen molar-refractivity contribution in [2.24, 2.45) is 0 Å². The molecule has 2 heteroatoms. The molecular formula is C51H43NO. The van der Waals surface area contributed by atoms with Gasteiger partial charge in [0.1, 0.15) is 11.5 Å². The lowest BCUT2D eigenvalue weighted by atomic mass is 9.66. The summed E-state index contributed by atoms with van der Waals surface area (Å²) in [6.07, 6.45) is 7.80. The summed E-state index contributed by atoms with van der Waals surface area (Å²) in [5.41, 5.74) is 13.4. The molecule has 0 saturated carbocycles. The average Bonchev–Trinajstić information content (AvgIpc) is 3.48. The Bertz CT molecular complexity index is 2380. The van der Waals surface area contributed by atoms with Crippen molar-refractivity contribution in [3.05, 3.63) is 236 Å². The summed E-state index contributed by atoms with van der Waals surface area (Å²) in [4.78, 5) is 2.17. The number of hydrogen-bond donors (Lipinski definition) is 0. The van der Waals surface area contributed by atoms with E-state index in [0.29, 0.717) is 0 Å². The molecule has 1 aliphatic rings. The molecule has 1 atom stereocenters. The van der Waals surface area contributed by atoms with Gasteiger partial charge >= 0.3 is 0 Å². The van der Waals surface area contributed by atoms with Gasteiger partial charge in [0, 0.05) is 22.5 Å². The van der Waals surface area contributed by atoms with Crippen LogP contribution in [0.25, 0.3) is 27.8 Å². The molecule has 0 spiro atoms. The first-order valence-electron chi connectivity index (χ1n) is 17.9. The Labute approximate surface area is 314 Å². The lowest BCUT2D eigenvalue weighted by Gasteiger charge is -2.36. The van der Waals surface area contributed by atoms with Crippen molar-refractivity contribution in [3.63, 3.8) is 0 Å². The smallest absolute Gasteiger partial charge is 0.132 e. The summed E-state index contributed by atoms with van der Waals surface area (Å²) in [6.45, 7) is 21.4. The van der Waals surface area contributed by atoms with E-state index in [1.807, 2.05) is 48.6 Å². The van der Waals surface area contributed by atoms with E-state index in [1.54, 1.807) is 6.08 Å². The van der Waals surface area contributed by atoms with Crippen molar-refractivity contribution in [3.8, 4) is 33.8 Å². The number of nitrogens with zero attached hydrogens (tertiary/aromatic N) is 1. The Morgan fingerprint density at radius 3 is 1.91 bits per heavy atom. The molecule has 0 N–H and O–H groups in total. The highest BCUT2D eigenvalue weighted by Gasteiger charge is 2.48. The van der Waals surface area contributed by atoms with Crippen LogP contribution in [0, 0.1) is 0 Å². The highest BCUT2D eigenvalue weighted by molar-refractivity contribution is 5.98. The second kappa shape index (κ2) is 14.9. The maximum absolute atomic E-state index is 6.80. The molecule has 1 aliphatic carbocycles. The van der Waals surface area contributed by atoms with Gasteiger partial charge in [-0.3, -0.25) is 0 Å². The predicted molar refractivity (Wildman–Crippen MR) is 226 cm³/mol. The van der Waals surface area contributed by atoms with E-state index in [-0.39, 0.29) is 0 Å². The molecule has 0 aliphatic heterocycles. The minimum Gasteiger partial charge on any atom is -0.457 e. The number of rotatable bonds is 12. The Morgan fingerprint density at radius 2 is 1.26 bits per heavy atom. The predicted octanol–water partition coefficient (Wildman–Crippen LogP) is 14.0. The number of para-hydroxylation sites is 2. The number of hydrogen-bond acceptors (Lipinski definition) is 2. The van der Waals surface area contributed by atoms with Gasteiger partial charge in [-0.1, -0.05) is 165 Å². The zero-order chi connectivity index (χ0) is 37.0. The third-order valence-corrected chi connectivity index (χ3v) is 10.3. The molecule has 2 nitrogen and oxygen atoms in total. The van der Waals surface area contributed by atoms with Crippen LogP contribution in [-0.4, -0.2) is 0 Å². The molecule has 0 bridgehead atoms. The number of anilines is 2. The monoisotopic (exact) mass is 685 g/mol. The number of allylic oxidation sites excluding steroid dienone is 7. The average molecular weight is 686 g/mol. The Kier molecular flexibility index (Phi) is 9.79. The van der Waals surface area contributed by atoms with Crippen LogP contribution in [0.15, 0.2) is 219 Å². The number of fused-ring (bicyclic) bond motifs is 1. The van der Waals surface area contributed by atoms with Crippen molar-refractivity contribution in [2.75, 3.05) is 4.90 Å². The van der Waals surface area contributed by atoms with Crippen LogP contribution in [0.1, 0.15) is 30.5 Å². The molecule has 0 amide bonds. The first kappa shape index (κ1) is 34.8. The zero-order valence-corrected chi connectivity index (χ0v) is 30.4. The first-order chi connectivity index (χ1) is 25.9. The summed E-state index contributed by atoms with van der Waals surface area (Å²) in [6, 6.07) is 52.6. The lowest BCUT2D eigenvalue weighted by Crippen LogP contribution is -2.29. The van der Waals surface area contributed by atoms with E-state index in [2.05, 4.69) is 166 Å². The molecule has 258 valence electrons. The number of ether oxygens (including phenoxy) is 1. The van der Waals surface area contributed by atoms with Crippen LogP contribution in [0.4, 0.5) is 11.4 Å². The van der Waals surface area contributed by atoms with E-state index in [0.717, 1.165) is 78.7 Å². The Balaban J connectivity index is 1.44. The van der Waals surface area contributed by atoms with Gasteiger partial charge in [0.2, 0.25) is 0 Å². The zero-order valence-electron chi connectivity index (χ0n) is 30.4. The maximum atomic E-state index is 6.80. The van der Waals surface area contributed by atoms with Gasteiger partial charge in [0.25, 0.3) is 0 Å². The summed E-state index contributed by atoms with van der Waals surface area (Å²) >= 11 is 0. The van der Waals surface area contributed by atoms with Crippen molar-refractivity contribution < 1.29 is 4.74 Å². The van der Waals surface area contributed by atoms with Gasteiger partial charge < -0.3 is 9.64 Å². The normalized spacial score (nSPS) is 15.0.